The lowest BCUT2D eigenvalue weighted by molar-refractivity contribution is -0.143. The Kier molecular flexibility index (Phi) is 5.23. The van der Waals surface area contributed by atoms with Crippen molar-refractivity contribution in [3.8, 4) is 5.75 Å². The fourth-order valence-corrected chi connectivity index (χ4v) is 2.38. The standard InChI is InChI=1S/C17H25NO3/c1-11-9-12(2)13(3)16(10-11)21-8-7-15(17(19)20-4)18-14-5-6-14/h9-10,14-15,18H,5-8H2,1-4H3. The van der Waals surface area contributed by atoms with E-state index in [0.29, 0.717) is 19.1 Å². The number of carbonyl (C=O) groups is 1. The summed E-state index contributed by atoms with van der Waals surface area (Å²) in [6.07, 6.45) is 2.91. The first-order chi connectivity index (χ1) is 10.0. The minimum atomic E-state index is -0.270. The second-order valence-corrected chi connectivity index (χ2v) is 5.86. The molecule has 1 aliphatic carbocycles. The molecule has 1 saturated carbocycles. The van der Waals surface area contributed by atoms with Crippen molar-refractivity contribution in [1.29, 1.82) is 0 Å². The number of methoxy groups -OCH3 is 1. The quantitative estimate of drug-likeness (QED) is 0.785. The molecule has 0 amide bonds. The Labute approximate surface area is 126 Å². The molecule has 0 aromatic heterocycles. The Bertz CT molecular complexity index is 509. The Balaban J connectivity index is 1.90. The van der Waals surface area contributed by atoms with Gasteiger partial charge in [0, 0.05) is 12.5 Å². The molecule has 0 heterocycles. The molecule has 0 radical (unpaired) electrons. The van der Waals surface area contributed by atoms with Gasteiger partial charge in [0.05, 0.1) is 13.7 Å². The van der Waals surface area contributed by atoms with Gasteiger partial charge in [-0.05, 0) is 56.4 Å². The highest BCUT2D eigenvalue weighted by atomic mass is 16.5. The molecular formula is C17H25NO3. The molecule has 0 bridgehead atoms. The molecule has 1 unspecified atom stereocenters. The summed E-state index contributed by atoms with van der Waals surface area (Å²) in [5.41, 5.74) is 3.57. The maximum atomic E-state index is 11.8. The maximum absolute atomic E-state index is 11.8. The van der Waals surface area contributed by atoms with Crippen LogP contribution in [0.25, 0.3) is 0 Å². The number of esters is 1. The summed E-state index contributed by atoms with van der Waals surface area (Å²) in [6, 6.07) is 4.39. The van der Waals surface area contributed by atoms with Gasteiger partial charge in [-0.3, -0.25) is 4.79 Å². The Morgan fingerprint density at radius 1 is 1.33 bits per heavy atom. The Hall–Kier alpha value is -1.55. The van der Waals surface area contributed by atoms with Crippen LogP contribution in [-0.4, -0.2) is 31.8 Å². The number of hydrogen-bond donors (Lipinski definition) is 1. The van der Waals surface area contributed by atoms with Crippen molar-refractivity contribution < 1.29 is 14.3 Å². The summed E-state index contributed by atoms with van der Waals surface area (Å²) in [7, 11) is 1.43. The molecule has 21 heavy (non-hydrogen) atoms. The summed E-state index contributed by atoms with van der Waals surface area (Å²) >= 11 is 0. The molecule has 0 saturated heterocycles. The highest BCUT2D eigenvalue weighted by molar-refractivity contribution is 5.75. The largest absolute Gasteiger partial charge is 0.493 e. The monoisotopic (exact) mass is 291 g/mol. The van der Waals surface area contributed by atoms with E-state index in [9.17, 15) is 4.79 Å². The summed E-state index contributed by atoms with van der Waals surface area (Å²) in [5.74, 6) is 0.699. The number of rotatable bonds is 7. The van der Waals surface area contributed by atoms with Gasteiger partial charge in [0.15, 0.2) is 0 Å². The number of nitrogens with one attached hydrogen (secondary N) is 1. The fraction of sp³-hybridized carbons (Fsp3) is 0.588. The predicted octanol–water partition coefficient (Wildman–Crippen LogP) is 2.67. The lowest BCUT2D eigenvalue weighted by Gasteiger charge is -2.17. The van der Waals surface area contributed by atoms with Crippen LogP contribution in [0.5, 0.6) is 5.75 Å². The number of hydrogen-bond acceptors (Lipinski definition) is 4. The van der Waals surface area contributed by atoms with Crippen molar-refractivity contribution in [3.05, 3.63) is 28.8 Å². The van der Waals surface area contributed by atoms with E-state index in [-0.39, 0.29) is 12.0 Å². The van der Waals surface area contributed by atoms with Crippen LogP contribution in [0, 0.1) is 20.8 Å². The van der Waals surface area contributed by atoms with Crippen molar-refractivity contribution in [2.75, 3.05) is 13.7 Å². The third-order valence-corrected chi connectivity index (χ3v) is 3.93. The molecule has 4 heteroatoms. The van der Waals surface area contributed by atoms with Crippen LogP contribution in [0.2, 0.25) is 0 Å². The van der Waals surface area contributed by atoms with Crippen LogP contribution in [0.3, 0.4) is 0 Å². The highest BCUT2D eigenvalue weighted by Gasteiger charge is 2.28. The smallest absolute Gasteiger partial charge is 0.322 e. The van der Waals surface area contributed by atoms with Gasteiger partial charge in [-0.1, -0.05) is 6.07 Å². The van der Waals surface area contributed by atoms with Gasteiger partial charge < -0.3 is 14.8 Å². The molecule has 1 aromatic rings. The van der Waals surface area contributed by atoms with Crippen LogP contribution < -0.4 is 10.1 Å². The zero-order valence-electron chi connectivity index (χ0n) is 13.4. The van der Waals surface area contributed by atoms with Crippen LogP contribution >= 0.6 is 0 Å². The molecule has 4 nitrogen and oxygen atoms in total. The van der Waals surface area contributed by atoms with Crippen molar-refractivity contribution in [2.45, 2.75) is 52.1 Å². The Morgan fingerprint density at radius 3 is 2.67 bits per heavy atom. The summed E-state index contributed by atoms with van der Waals surface area (Å²) in [5, 5.41) is 3.31. The summed E-state index contributed by atoms with van der Waals surface area (Å²) in [6.45, 7) is 6.71. The zero-order chi connectivity index (χ0) is 15.4. The molecule has 1 N–H and O–H groups in total. The van der Waals surface area contributed by atoms with Gasteiger partial charge in [0.25, 0.3) is 0 Å². The lowest BCUT2D eigenvalue weighted by atomic mass is 10.1. The molecule has 2 rings (SSSR count). The average Bonchev–Trinajstić information content (AvgIpc) is 3.26. The number of aryl methyl sites for hydroxylation is 2. The first-order valence-electron chi connectivity index (χ1n) is 7.55. The average molecular weight is 291 g/mol. The normalized spacial score (nSPS) is 15.6. The van der Waals surface area contributed by atoms with E-state index in [1.807, 2.05) is 6.07 Å². The minimum absolute atomic E-state index is 0.206. The molecule has 1 atom stereocenters. The second kappa shape index (κ2) is 6.94. The summed E-state index contributed by atoms with van der Waals surface area (Å²) in [4.78, 5) is 11.8. The van der Waals surface area contributed by atoms with Crippen LogP contribution in [0.15, 0.2) is 12.1 Å². The predicted molar refractivity (Wildman–Crippen MR) is 82.7 cm³/mol. The van der Waals surface area contributed by atoms with Crippen LogP contribution in [0.1, 0.15) is 36.0 Å². The van der Waals surface area contributed by atoms with Crippen molar-refractivity contribution in [1.82, 2.24) is 5.32 Å². The van der Waals surface area contributed by atoms with E-state index >= 15 is 0 Å². The highest BCUT2D eigenvalue weighted by Crippen LogP contribution is 2.24. The van der Waals surface area contributed by atoms with E-state index in [1.165, 1.54) is 18.2 Å². The van der Waals surface area contributed by atoms with E-state index in [2.05, 4.69) is 32.2 Å². The molecule has 116 valence electrons. The third kappa shape index (κ3) is 4.46. The van der Waals surface area contributed by atoms with Gasteiger partial charge in [-0.2, -0.15) is 0 Å². The van der Waals surface area contributed by atoms with Gasteiger partial charge in [-0.15, -0.1) is 0 Å². The number of benzene rings is 1. The van der Waals surface area contributed by atoms with E-state index in [4.69, 9.17) is 9.47 Å². The molecule has 1 aliphatic rings. The van der Waals surface area contributed by atoms with Crippen molar-refractivity contribution in [3.63, 3.8) is 0 Å². The lowest BCUT2D eigenvalue weighted by Crippen LogP contribution is -2.40. The molecule has 0 aliphatic heterocycles. The number of ether oxygens (including phenoxy) is 2. The van der Waals surface area contributed by atoms with Gasteiger partial charge in [0.2, 0.25) is 0 Å². The summed E-state index contributed by atoms with van der Waals surface area (Å²) < 4.78 is 10.7. The van der Waals surface area contributed by atoms with Crippen molar-refractivity contribution >= 4 is 5.97 Å². The number of carbonyl (C=O) groups excluding carboxylic acids is 1. The second-order valence-electron chi connectivity index (χ2n) is 5.86. The minimum Gasteiger partial charge on any atom is -0.493 e. The van der Waals surface area contributed by atoms with E-state index in [1.54, 1.807) is 0 Å². The maximum Gasteiger partial charge on any atom is 0.322 e. The fourth-order valence-electron chi connectivity index (χ4n) is 2.38. The zero-order valence-corrected chi connectivity index (χ0v) is 13.4. The van der Waals surface area contributed by atoms with Gasteiger partial charge in [0.1, 0.15) is 11.8 Å². The van der Waals surface area contributed by atoms with Gasteiger partial charge in [-0.25, -0.2) is 0 Å². The van der Waals surface area contributed by atoms with E-state index < -0.39 is 0 Å². The Morgan fingerprint density at radius 2 is 2.05 bits per heavy atom. The molecule has 0 spiro atoms. The first kappa shape index (κ1) is 15.8. The molecular weight excluding hydrogens is 266 g/mol. The van der Waals surface area contributed by atoms with Crippen LogP contribution in [-0.2, 0) is 9.53 Å². The van der Waals surface area contributed by atoms with Crippen LogP contribution in [0.4, 0.5) is 0 Å². The molecule has 1 aromatic carbocycles. The topological polar surface area (TPSA) is 47.6 Å². The van der Waals surface area contributed by atoms with E-state index in [0.717, 1.165) is 24.2 Å². The van der Waals surface area contributed by atoms with Gasteiger partial charge >= 0.3 is 5.97 Å². The third-order valence-electron chi connectivity index (χ3n) is 3.93. The first-order valence-corrected chi connectivity index (χ1v) is 7.55. The molecule has 1 fully saturated rings. The van der Waals surface area contributed by atoms with Crippen molar-refractivity contribution in [2.24, 2.45) is 0 Å². The SMILES string of the molecule is COC(=O)C(CCOc1cc(C)cc(C)c1C)NC1CC1.